The van der Waals surface area contributed by atoms with Gasteiger partial charge in [-0.3, -0.25) is 9.69 Å². The predicted octanol–water partition coefficient (Wildman–Crippen LogP) is 5.07. The van der Waals surface area contributed by atoms with Crippen molar-refractivity contribution in [2.75, 3.05) is 19.8 Å². The van der Waals surface area contributed by atoms with Gasteiger partial charge in [-0.1, -0.05) is 36.9 Å². The molecule has 1 aliphatic rings. The molecule has 0 aromatic heterocycles. The molecule has 0 bridgehead atoms. The Balaban J connectivity index is 1.81. The minimum Gasteiger partial charge on any atom is -0.494 e. The highest BCUT2D eigenvalue weighted by Gasteiger charge is 2.37. The average Bonchev–Trinajstić information content (AvgIpc) is 3.00. The first-order valence-electron chi connectivity index (χ1n) is 10.2. The Morgan fingerprint density at radius 2 is 1.72 bits per heavy atom. The molecule has 0 N–H and O–H groups in total. The smallest absolute Gasteiger partial charge is 0.242 e. The van der Waals surface area contributed by atoms with E-state index in [0.717, 1.165) is 34.3 Å². The highest BCUT2D eigenvalue weighted by Crippen LogP contribution is 2.34. The van der Waals surface area contributed by atoms with Crippen molar-refractivity contribution in [2.24, 2.45) is 4.99 Å². The van der Waals surface area contributed by atoms with E-state index in [1.54, 1.807) is 0 Å². The SMILES string of the molecule is CCCN1C(=O)[C@H](Cc2ccccc2OCC)SC1=Nc1ccc(OCC)cc1. The van der Waals surface area contributed by atoms with Crippen molar-refractivity contribution in [3.8, 4) is 11.5 Å². The fraction of sp³-hybridized carbons (Fsp3) is 0.391. The lowest BCUT2D eigenvalue weighted by Gasteiger charge is -2.15. The summed E-state index contributed by atoms with van der Waals surface area (Å²) in [7, 11) is 0. The zero-order valence-electron chi connectivity index (χ0n) is 17.3. The monoisotopic (exact) mass is 412 g/mol. The first-order valence-corrected chi connectivity index (χ1v) is 11.0. The summed E-state index contributed by atoms with van der Waals surface area (Å²) in [6, 6.07) is 15.6. The Hall–Kier alpha value is -2.47. The van der Waals surface area contributed by atoms with Gasteiger partial charge >= 0.3 is 0 Å². The summed E-state index contributed by atoms with van der Waals surface area (Å²) in [5, 5.41) is 0.574. The highest BCUT2D eigenvalue weighted by atomic mass is 32.2. The average molecular weight is 413 g/mol. The van der Waals surface area contributed by atoms with E-state index < -0.39 is 0 Å². The molecule has 1 atom stereocenters. The summed E-state index contributed by atoms with van der Waals surface area (Å²) in [6.45, 7) is 7.91. The van der Waals surface area contributed by atoms with E-state index in [9.17, 15) is 4.79 Å². The number of thioether (sulfide) groups is 1. The molecule has 0 unspecified atom stereocenters. The van der Waals surface area contributed by atoms with Crippen molar-refractivity contribution in [2.45, 2.75) is 38.9 Å². The van der Waals surface area contributed by atoms with E-state index in [-0.39, 0.29) is 11.2 Å². The van der Waals surface area contributed by atoms with Crippen LogP contribution in [0, 0.1) is 0 Å². The summed E-state index contributed by atoms with van der Waals surface area (Å²) in [4.78, 5) is 19.6. The highest BCUT2D eigenvalue weighted by molar-refractivity contribution is 8.15. The van der Waals surface area contributed by atoms with E-state index in [0.29, 0.717) is 26.2 Å². The number of rotatable bonds is 9. The van der Waals surface area contributed by atoms with Crippen LogP contribution in [0.1, 0.15) is 32.8 Å². The predicted molar refractivity (Wildman–Crippen MR) is 119 cm³/mol. The molecular weight excluding hydrogens is 384 g/mol. The van der Waals surface area contributed by atoms with Crippen molar-refractivity contribution in [3.63, 3.8) is 0 Å². The van der Waals surface area contributed by atoms with Crippen LogP contribution < -0.4 is 9.47 Å². The molecule has 1 saturated heterocycles. The van der Waals surface area contributed by atoms with Gasteiger partial charge in [0, 0.05) is 6.54 Å². The van der Waals surface area contributed by atoms with E-state index in [2.05, 4.69) is 6.92 Å². The second kappa shape index (κ2) is 10.3. The van der Waals surface area contributed by atoms with E-state index in [1.807, 2.05) is 67.3 Å². The van der Waals surface area contributed by atoms with Crippen LogP contribution in [0.5, 0.6) is 11.5 Å². The molecule has 6 heteroatoms. The van der Waals surface area contributed by atoms with Gasteiger partial charge in [-0.25, -0.2) is 4.99 Å². The third kappa shape index (κ3) is 5.32. The Kier molecular flexibility index (Phi) is 7.58. The number of amides is 1. The molecule has 0 spiro atoms. The standard InChI is InChI=1S/C23H28N2O3S/c1-4-15-25-22(26)21(16-17-9-7-8-10-20(17)28-6-3)29-23(25)24-18-11-13-19(14-12-18)27-5-2/h7-14,21H,4-6,15-16H2,1-3H3/t21-/m0/s1. The van der Waals surface area contributed by atoms with Crippen molar-refractivity contribution < 1.29 is 14.3 Å². The van der Waals surface area contributed by atoms with Crippen molar-refractivity contribution in [1.82, 2.24) is 4.90 Å². The van der Waals surface area contributed by atoms with Crippen LogP contribution in [0.4, 0.5) is 5.69 Å². The van der Waals surface area contributed by atoms with Gasteiger partial charge in [0.15, 0.2) is 5.17 Å². The zero-order chi connectivity index (χ0) is 20.6. The molecule has 1 aliphatic heterocycles. The topological polar surface area (TPSA) is 51.1 Å². The van der Waals surface area contributed by atoms with E-state index in [4.69, 9.17) is 14.5 Å². The molecule has 1 fully saturated rings. The summed E-state index contributed by atoms with van der Waals surface area (Å²) in [5.41, 5.74) is 1.87. The molecule has 154 valence electrons. The summed E-state index contributed by atoms with van der Waals surface area (Å²) in [6.07, 6.45) is 1.51. The van der Waals surface area contributed by atoms with Gasteiger partial charge in [0.1, 0.15) is 11.5 Å². The summed E-state index contributed by atoms with van der Waals surface area (Å²) in [5.74, 6) is 1.79. The maximum atomic E-state index is 13.1. The van der Waals surface area contributed by atoms with Gasteiger partial charge in [-0.05, 0) is 62.6 Å². The van der Waals surface area contributed by atoms with E-state index >= 15 is 0 Å². The second-order valence-corrected chi connectivity index (χ2v) is 7.83. The Bertz CT molecular complexity index is 851. The Morgan fingerprint density at radius 3 is 2.41 bits per heavy atom. The Morgan fingerprint density at radius 1 is 1.00 bits per heavy atom. The molecule has 1 amide bonds. The fourth-order valence-electron chi connectivity index (χ4n) is 3.22. The number of ether oxygens (including phenoxy) is 2. The number of amidine groups is 1. The van der Waals surface area contributed by atoms with Crippen LogP contribution in [0.15, 0.2) is 53.5 Å². The molecule has 29 heavy (non-hydrogen) atoms. The van der Waals surface area contributed by atoms with Gasteiger partial charge in [-0.2, -0.15) is 0 Å². The van der Waals surface area contributed by atoms with Crippen molar-refractivity contribution >= 4 is 28.5 Å². The largest absolute Gasteiger partial charge is 0.494 e. The first-order chi connectivity index (χ1) is 14.2. The zero-order valence-corrected chi connectivity index (χ0v) is 18.1. The molecular formula is C23H28N2O3S. The van der Waals surface area contributed by atoms with Gasteiger partial charge in [-0.15, -0.1) is 0 Å². The van der Waals surface area contributed by atoms with Crippen LogP contribution in [0.2, 0.25) is 0 Å². The molecule has 1 heterocycles. The van der Waals surface area contributed by atoms with Gasteiger partial charge in [0.05, 0.1) is 24.2 Å². The number of nitrogens with zero attached hydrogens (tertiary/aromatic N) is 2. The van der Waals surface area contributed by atoms with Crippen LogP contribution >= 0.6 is 11.8 Å². The van der Waals surface area contributed by atoms with Gasteiger partial charge in [0.2, 0.25) is 5.91 Å². The fourth-order valence-corrected chi connectivity index (χ4v) is 4.43. The number of aliphatic imine (C=N–C) groups is 1. The number of para-hydroxylation sites is 1. The number of benzene rings is 2. The van der Waals surface area contributed by atoms with Crippen LogP contribution in [0.25, 0.3) is 0 Å². The number of carbonyl (C=O) groups excluding carboxylic acids is 1. The first kappa shape index (κ1) is 21.2. The Labute approximate surface area is 177 Å². The van der Waals surface area contributed by atoms with Crippen LogP contribution in [-0.4, -0.2) is 41.0 Å². The molecule has 2 aromatic carbocycles. The third-order valence-electron chi connectivity index (χ3n) is 4.52. The maximum Gasteiger partial charge on any atom is 0.242 e. The summed E-state index contributed by atoms with van der Waals surface area (Å²) >= 11 is 1.54. The summed E-state index contributed by atoms with van der Waals surface area (Å²) < 4.78 is 11.2. The molecule has 2 aromatic rings. The van der Waals surface area contributed by atoms with Gasteiger partial charge < -0.3 is 9.47 Å². The molecule has 0 saturated carbocycles. The number of hydrogen-bond donors (Lipinski definition) is 0. The van der Waals surface area contributed by atoms with Gasteiger partial charge in [0.25, 0.3) is 0 Å². The van der Waals surface area contributed by atoms with Crippen molar-refractivity contribution in [1.29, 1.82) is 0 Å². The minimum atomic E-state index is -0.190. The minimum absolute atomic E-state index is 0.118. The number of hydrogen-bond acceptors (Lipinski definition) is 5. The molecule has 5 nitrogen and oxygen atoms in total. The van der Waals surface area contributed by atoms with Crippen molar-refractivity contribution in [3.05, 3.63) is 54.1 Å². The molecule has 3 rings (SSSR count). The second-order valence-electron chi connectivity index (χ2n) is 6.66. The number of carbonyl (C=O) groups is 1. The normalized spacial score (nSPS) is 17.8. The van der Waals surface area contributed by atoms with Crippen LogP contribution in [0.3, 0.4) is 0 Å². The maximum absolute atomic E-state index is 13.1. The molecule has 0 radical (unpaired) electrons. The molecule has 0 aliphatic carbocycles. The quantitative estimate of drug-likeness (QED) is 0.577. The van der Waals surface area contributed by atoms with Crippen LogP contribution in [-0.2, 0) is 11.2 Å². The lowest BCUT2D eigenvalue weighted by atomic mass is 10.1. The van der Waals surface area contributed by atoms with E-state index in [1.165, 1.54) is 11.8 Å². The third-order valence-corrected chi connectivity index (χ3v) is 5.69. The lowest BCUT2D eigenvalue weighted by Crippen LogP contribution is -2.33. The lowest BCUT2D eigenvalue weighted by molar-refractivity contribution is -0.126.